The van der Waals surface area contributed by atoms with Crippen molar-refractivity contribution in [1.82, 2.24) is 5.32 Å². The van der Waals surface area contributed by atoms with Gasteiger partial charge < -0.3 is 5.32 Å². The van der Waals surface area contributed by atoms with E-state index < -0.39 is 0 Å². The number of nitrogens with one attached hydrogen (secondary N) is 1. The van der Waals surface area contributed by atoms with E-state index in [0.717, 1.165) is 19.3 Å². The van der Waals surface area contributed by atoms with Gasteiger partial charge in [0, 0.05) is 12.5 Å². The lowest BCUT2D eigenvalue weighted by atomic mass is 10.00. The smallest absolute Gasteiger partial charge is 0.220 e. The van der Waals surface area contributed by atoms with E-state index in [1.165, 1.54) is 0 Å². The zero-order valence-corrected chi connectivity index (χ0v) is 10.1. The van der Waals surface area contributed by atoms with E-state index in [9.17, 15) is 4.79 Å². The summed E-state index contributed by atoms with van der Waals surface area (Å²) in [5.41, 5.74) is 0. The van der Waals surface area contributed by atoms with Crippen LogP contribution < -0.4 is 5.32 Å². The number of carbonyl (C=O) groups is 1. The lowest BCUT2D eigenvalue weighted by molar-refractivity contribution is -0.122. The second kappa shape index (κ2) is 5.94. The molecular weight excluding hydrogens is 186 g/mol. The van der Waals surface area contributed by atoms with E-state index >= 15 is 0 Å². The predicted molar refractivity (Wildman–Crippen MR) is 63.5 cm³/mol. The van der Waals surface area contributed by atoms with Crippen molar-refractivity contribution in [3.05, 3.63) is 12.2 Å². The average molecular weight is 209 g/mol. The van der Waals surface area contributed by atoms with Crippen LogP contribution in [0.2, 0.25) is 0 Å². The number of amides is 1. The van der Waals surface area contributed by atoms with Gasteiger partial charge in [0.25, 0.3) is 0 Å². The van der Waals surface area contributed by atoms with Crippen molar-refractivity contribution in [2.75, 3.05) is 0 Å². The van der Waals surface area contributed by atoms with Crippen LogP contribution in [0.5, 0.6) is 0 Å². The molecule has 1 rings (SSSR count). The Balaban J connectivity index is 2.30. The van der Waals surface area contributed by atoms with Gasteiger partial charge >= 0.3 is 0 Å². The summed E-state index contributed by atoms with van der Waals surface area (Å²) in [6, 6.07) is 0.336. The Bertz CT molecular complexity index is 233. The topological polar surface area (TPSA) is 29.1 Å². The molecule has 1 N–H and O–H groups in total. The number of rotatable bonds is 5. The second-order valence-corrected chi connectivity index (χ2v) is 4.80. The minimum absolute atomic E-state index is 0.215. The molecule has 15 heavy (non-hydrogen) atoms. The standard InChI is InChI=1S/C13H23NO/c1-4-12(10(2)3)14-13(15)9-11-7-5-6-8-11/h5,7,10-12H,4,6,8-9H2,1-3H3,(H,14,15)/t11-,12-/m0/s1. The largest absolute Gasteiger partial charge is 0.353 e. The molecule has 0 aromatic carbocycles. The van der Waals surface area contributed by atoms with Crippen LogP contribution in [0.4, 0.5) is 0 Å². The van der Waals surface area contributed by atoms with Crippen molar-refractivity contribution in [3.63, 3.8) is 0 Å². The van der Waals surface area contributed by atoms with Crippen LogP contribution in [0.1, 0.15) is 46.5 Å². The van der Waals surface area contributed by atoms with Gasteiger partial charge in [0.1, 0.15) is 0 Å². The van der Waals surface area contributed by atoms with Crippen molar-refractivity contribution < 1.29 is 4.79 Å². The Labute approximate surface area is 93.1 Å². The van der Waals surface area contributed by atoms with Crippen LogP contribution in [0.3, 0.4) is 0 Å². The highest BCUT2D eigenvalue weighted by Gasteiger charge is 2.17. The highest BCUT2D eigenvalue weighted by Crippen LogP contribution is 2.20. The average Bonchev–Trinajstić information content (AvgIpc) is 2.66. The van der Waals surface area contributed by atoms with E-state index in [1.807, 2.05) is 0 Å². The van der Waals surface area contributed by atoms with Gasteiger partial charge in [-0.2, -0.15) is 0 Å². The maximum Gasteiger partial charge on any atom is 0.220 e. The summed E-state index contributed by atoms with van der Waals surface area (Å²) in [6.45, 7) is 6.44. The fourth-order valence-corrected chi connectivity index (χ4v) is 2.11. The fraction of sp³-hybridized carbons (Fsp3) is 0.769. The molecule has 1 aliphatic rings. The van der Waals surface area contributed by atoms with Gasteiger partial charge in [-0.3, -0.25) is 4.79 Å². The predicted octanol–water partition coefficient (Wildman–Crippen LogP) is 2.89. The third-order valence-corrected chi connectivity index (χ3v) is 3.15. The third kappa shape index (κ3) is 4.06. The quantitative estimate of drug-likeness (QED) is 0.693. The molecule has 86 valence electrons. The first-order valence-electron chi connectivity index (χ1n) is 6.09. The molecule has 0 spiro atoms. The van der Waals surface area contributed by atoms with E-state index in [2.05, 4.69) is 38.2 Å². The van der Waals surface area contributed by atoms with Crippen molar-refractivity contribution >= 4 is 5.91 Å². The fourth-order valence-electron chi connectivity index (χ4n) is 2.11. The molecule has 0 saturated carbocycles. The zero-order valence-electron chi connectivity index (χ0n) is 10.1. The minimum Gasteiger partial charge on any atom is -0.353 e. The molecule has 1 amide bonds. The van der Waals surface area contributed by atoms with Gasteiger partial charge in [0.2, 0.25) is 5.91 Å². The van der Waals surface area contributed by atoms with E-state index in [1.54, 1.807) is 0 Å². The molecule has 1 aliphatic carbocycles. The number of hydrogen-bond acceptors (Lipinski definition) is 1. The summed E-state index contributed by atoms with van der Waals surface area (Å²) in [6.07, 6.45) is 8.32. The summed E-state index contributed by atoms with van der Waals surface area (Å²) < 4.78 is 0. The van der Waals surface area contributed by atoms with Crippen molar-refractivity contribution in [2.45, 2.75) is 52.5 Å². The Hall–Kier alpha value is -0.790. The van der Waals surface area contributed by atoms with E-state index in [4.69, 9.17) is 0 Å². The molecule has 0 unspecified atom stereocenters. The number of allylic oxidation sites excluding steroid dienone is 2. The Morgan fingerprint density at radius 3 is 2.73 bits per heavy atom. The van der Waals surface area contributed by atoms with Crippen LogP contribution in [-0.2, 0) is 4.79 Å². The van der Waals surface area contributed by atoms with Crippen LogP contribution >= 0.6 is 0 Å². The lowest BCUT2D eigenvalue weighted by Gasteiger charge is -2.21. The van der Waals surface area contributed by atoms with Crippen molar-refractivity contribution in [1.29, 1.82) is 0 Å². The first-order chi connectivity index (χ1) is 7.13. The van der Waals surface area contributed by atoms with E-state index in [-0.39, 0.29) is 5.91 Å². The molecule has 2 nitrogen and oxygen atoms in total. The molecule has 0 radical (unpaired) electrons. The molecular formula is C13H23NO. The highest BCUT2D eigenvalue weighted by molar-refractivity contribution is 5.76. The molecule has 2 heteroatoms. The molecule has 0 heterocycles. The first kappa shape index (κ1) is 12.3. The van der Waals surface area contributed by atoms with Crippen molar-refractivity contribution in [3.8, 4) is 0 Å². The monoisotopic (exact) mass is 209 g/mol. The maximum absolute atomic E-state index is 11.7. The van der Waals surface area contributed by atoms with Crippen molar-refractivity contribution in [2.24, 2.45) is 11.8 Å². The minimum atomic E-state index is 0.215. The molecule has 0 aliphatic heterocycles. The third-order valence-electron chi connectivity index (χ3n) is 3.15. The Morgan fingerprint density at radius 2 is 2.27 bits per heavy atom. The Morgan fingerprint density at radius 1 is 1.53 bits per heavy atom. The van der Waals surface area contributed by atoms with Crippen LogP contribution in [0.15, 0.2) is 12.2 Å². The highest BCUT2D eigenvalue weighted by atomic mass is 16.1. The SMILES string of the molecule is CC[C@H](NC(=O)C[C@H]1C=CCC1)C(C)C. The van der Waals surface area contributed by atoms with Crippen LogP contribution in [0, 0.1) is 11.8 Å². The number of hydrogen-bond donors (Lipinski definition) is 1. The molecule has 0 bridgehead atoms. The summed E-state index contributed by atoms with van der Waals surface area (Å²) in [7, 11) is 0. The summed E-state index contributed by atoms with van der Waals surface area (Å²) in [4.78, 5) is 11.7. The molecule has 0 aromatic heterocycles. The number of carbonyl (C=O) groups excluding carboxylic acids is 1. The van der Waals surface area contributed by atoms with Gasteiger partial charge in [0.15, 0.2) is 0 Å². The van der Waals surface area contributed by atoms with E-state index in [0.29, 0.717) is 24.3 Å². The normalized spacial score (nSPS) is 22.0. The van der Waals surface area contributed by atoms with Crippen LogP contribution in [0.25, 0.3) is 0 Å². The molecule has 2 atom stereocenters. The maximum atomic E-state index is 11.7. The van der Waals surface area contributed by atoms with Gasteiger partial charge in [-0.25, -0.2) is 0 Å². The van der Waals surface area contributed by atoms with Crippen LogP contribution in [-0.4, -0.2) is 11.9 Å². The van der Waals surface area contributed by atoms with Gasteiger partial charge in [-0.15, -0.1) is 0 Å². The van der Waals surface area contributed by atoms with Gasteiger partial charge in [-0.05, 0) is 31.1 Å². The zero-order chi connectivity index (χ0) is 11.3. The summed E-state index contributed by atoms with van der Waals surface area (Å²) in [5.74, 6) is 1.22. The molecule has 0 aromatic rings. The Kier molecular flexibility index (Phi) is 4.86. The molecule has 0 saturated heterocycles. The molecule has 0 fully saturated rings. The lowest BCUT2D eigenvalue weighted by Crippen LogP contribution is -2.38. The van der Waals surface area contributed by atoms with Gasteiger partial charge in [-0.1, -0.05) is 32.9 Å². The second-order valence-electron chi connectivity index (χ2n) is 4.80. The van der Waals surface area contributed by atoms with Gasteiger partial charge in [0.05, 0.1) is 0 Å². The summed E-state index contributed by atoms with van der Waals surface area (Å²) >= 11 is 0. The summed E-state index contributed by atoms with van der Waals surface area (Å²) in [5, 5.41) is 3.12. The first-order valence-corrected chi connectivity index (χ1v) is 6.09.